The molecule has 144 valence electrons. The van der Waals surface area contributed by atoms with Crippen molar-refractivity contribution in [2.45, 2.75) is 12.8 Å². The summed E-state index contributed by atoms with van der Waals surface area (Å²) in [4.78, 5) is 37.8. The summed E-state index contributed by atoms with van der Waals surface area (Å²) in [7, 11) is 3.08. The summed E-state index contributed by atoms with van der Waals surface area (Å²) < 4.78 is 10.9. The zero-order valence-electron chi connectivity index (χ0n) is 15.2. The van der Waals surface area contributed by atoms with Crippen molar-refractivity contribution in [1.29, 1.82) is 0 Å². The van der Waals surface area contributed by atoms with Crippen molar-refractivity contribution in [3.05, 3.63) is 23.4 Å². The number of urea groups is 1. The van der Waals surface area contributed by atoms with E-state index in [1.165, 1.54) is 13.2 Å². The van der Waals surface area contributed by atoms with Gasteiger partial charge in [-0.2, -0.15) is 0 Å². The number of carbonyl (C=O) groups is 3. The molecule has 2 aliphatic heterocycles. The molecular formula is C18H21N3O6. The van der Waals surface area contributed by atoms with Crippen LogP contribution < -0.4 is 19.7 Å². The van der Waals surface area contributed by atoms with Crippen molar-refractivity contribution in [1.82, 2.24) is 10.2 Å². The molecule has 3 rings (SSSR count). The van der Waals surface area contributed by atoms with Crippen molar-refractivity contribution in [3.8, 4) is 11.5 Å². The van der Waals surface area contributed by atoms with E-state index in [2.05, 4.69) is 10.2 Å². The highest BCUT2D eigenvalue weighted by Crippen LogP contribution is 2.38. The van der Waals surface area contributed by atoms with Gasteiger partial charge in [0.05, 0.1) is 19.9 Å². The SMILES string of the molecule is COc1cc(N2CCCC2)c(OC)cc1/C=C1/NC(=O)N(CC(=O)O)C1=O. The van der Waals surface area contributed by atoms with Gasteiger partial charge in [0.2, 0.25) is 0 Å². The Labute approximate surface area is 156 Å². The Morgan fingerprint density at radius 2 is 1.85 bits per heavy atom. The number of carboxylic acids is 1. The van der Waals surface area contributed by atoms with E-state index < -0.39 is 24.5 Å². The van der Waals surface area contributed by atoms with E-state index in [1.54, 1.807) is 13.2 Å². The van der Waals surface area contributed by atoms with Crippen LogP contribution in [0.3, 0.4) is 0 Å². The molecule has 0 bridgehead atoms. The number of amides is 3. The molecule has 0 spiro atoms. The highest BCUT2D eigenvalue weighted by molar-refractivity contribution is 6.15. The molecule has 3 amide bonds. The van der Waals surface area contributed by atoms with Crippen molar-refractivity contribution in [3.63, 3.8) is 0 Å². The lowest BCUT2D eigenvalue weighted by molar-refractivity contribution is -0.140. The van der Waals surface area contributed by atoms with E-state index in [0.717, 1.165) is 31.6 Å². The van der Waals surface area contributed by atoms with Gasteiger partial charge < -0.3 is 24.8 Å². The molecule has 2 N–H and O–H groups in total. The predicted molar refractivity (Wildman–Crippen MR) is 96.9 cm³/mol. The Morgan fingerprint density at radius 1 is 1.19 bits per heavy atom. The number of imide groups is 1. The van der Waals surface area contributed by atoms with Crippen LogP contribution in [0.2, 0.25) is 0 Å². The van der Waals surface area contributed by atoms with Gasteiger partial charge in [-0.3, -0.25) is 9.59 Å². The number of hydrogen-bond acceptors (Lipinski definition) is 6. The zero-order chi connectivity index (χ0) is 19.6. The number of hydrogen-bond donors (Lipinski definition) is 2. The molecule has 2 heterocycles. The van der Waals surface area contributed by atoms with Gasteiger partial charge in [0, 0.05) is 24.7 Å². The van der Waals surface area contributed by atoms with Crippen LogP contribution >= 0.6 is 0 Å². The second kappa shape index (κ2) is 7.56. The topological polar surface area (TPSA) is 108 Å². The fourth-order valence-corrected chi connectivity index (χ4v) is 3.23. The van der Waals surface area contributed by atoms with Crippen LogP contribution in [0.25, 0.3) is 6.08 Å². The third-order valence-corrected chi connectivity index (χ3v) is 4.53. The molecule has 1 aromatic rings. The van der Waals surface area contributed by atoms with Crippen LogP contribution in [0.15, 0.2) is 17.8 Å². The molecule has 9 heteroatoms. The molecular weight excluding hydrogens is 354 g/mol. The Kier molecular flexibility index (Phi) is 5.20. The first-order valence-corrected chi connectivity index (χ1v) is 8.52. The number of benzene rings is 1. The van der Waals surface area contributed by atoms with Gasteiger partial charge in [-0.15, -0.1) is 0 Å². The van der Waals surface area contributed by atoms with Crippen LogP contribution in [0.5, 0.6) is 11.5 Å². The van der Waals surface area contributed by atoms with Gasteiger partial charge in [0.1, 0.15) is 23.7 Å². The van der Waals surface area contributed by atoms with Crippen LogP contribution in [-0.4, -0.2) is 61.8 Å². The van der Waals surface area contributed by atoms with Gasteiger partial charge in [-0.1, -0.05) is 0 Å². The summed E-state index contributed by atoms with van der Waals surface area (Å²) in [6, 6.07) is 2.80. The summed E-state index contributed by atoms with van der Waals surface area (Å²) in [5, 5.41) is 11.2. The fraction of sp³-hybridized carbons (Fsp3) is 0.389. The molecule has 0 saturated carbocycles. The quantitative estimate of drug-likeness (QED) is 0.569. The summed E-state index contributed by atoms with van der Waals surface area (Å²) in [5.74, 6) is -0.825. The Balaban J connectivity index is 1.96. The number of methoxy groups -OCH3 is 2. The number of anilines is 1. The molecule has 0 unspecified atom stereocenters. The Hall–Kier alpha value is -3.23. The molecule has 0 atom stereocenters. The van der Waals surface area contributed by atoms with Gasteiger partial charge in [0.15, 0.2) is 0 Å². The minimum atomic E-state index is -1.27. The first-order valence-electron chi connectivity index (χ1n) is 8.52. The van der Waals surface area contributed by atoms with Crippen molar-refractivity contribution in [2.24, 2.45) is 0 Å². The number of aliphatic carboxylic acids is 1. The van der Waals surface area contributed by atoms with E-state index in [9.17, 15) is 14.4 Å². The largest absolute Gasteiger partial charge is 0.496 e. The highest BCUT2D eigenvalue weighted by Gasteiger charge is 2.35. The van der Waals surface area contributed by atoms with Gasteiger partial charge in [0.25, 0.3) is 5.91 Å². The van der Waals surface area contributed by atoms with E-state index >= 15 is 0 Å². The number of nitrogens with zero attached hydrogens (tertiary/aromatic N) is 2. The summed E-state index contributed by atoms with van der Waals surface area (Å²) in [6.07, 6.45) is 3.67. The van der Waals surface area contributed by atoms with E-state index in [4.69, 9.17) is 14.6 Å². The van der Waals surface area contributed by atoms with Gasteiger partial charge in [-0.05, 0) is 25.0 Å². The smallest absolute Gasteiger partial charge is 0.329 e. The van der Waals surface area contributed by atoms with Crippen LogP contribution in [0.1, 0.15) is 18.4 Å². The Morgan fingerprint density at radius 3 is 2.44 bits per heavy atom. The van der Waals surface area contributed by atoms with E-state index in [-0.39, 0.29) is 5.70 Å². The molecule has 2 aliphatic rings. The van der Waals surface area contributed by atoms with Crippen LogP contribution in [0.4, 0.5) is 10.5 Å². The van der Waals surface area contributed by atoms with Crippen molar-refractivity contribution in [2.75, 3.05) is 38.8 Å². The maximum Gasteiger partial charge on any atom is 0.329 e. The fourth-order valence-electron chi connectivity index (χ4n) is 3.23. The maximum absolute atomic E-state index is 12.3. The number of rotatable bonds is 6. The second-order valence-corrected chi connectivity index (χ2v) is 6.23. The summed E-state index contributed by atoms with van der Waals surface area (Å²) in [6.45, 7) is 1.16. The van der Waals surface area contributed by atoms with Crippen LogP contribution in [0, 0.1) is 0 Å². The standard InChI is InChI=1S/C18H21N3O6/c1-26-14-9-13(20-5-3-4-6-20)15(27-2)8-11(14)7-12-17(24)21(10-16(22)23)18(25)19-12/h7-9H,3-6,10H2,1-2H3,(H,19,25)(H,22,23)/b12-7+. The molecule has 9 nitrogen and oxygen atoms in total. The number of nitrogens with one attached hydrogen (secondary N) is 1. The normalized spacial score (nSPS) is 18.2. The first kappa shape index (κ1) is 18.6. The molecule has 2 fully saturated rings. The lowest BCUT2D eigenvalue weighted by atomic mass is 10.1. The number of carboxylic acid groups (broad SMARTS) is 1. The maximum atomic E-state index is 12.3. The zero-order valence-corrected chi connectivity index (χ0v) is 15.2. The van der Waals surface area contributed by atoms with Gasteiger partial charge in [-0.25, -0.2) is 9.69 Å². The molecule has 0 aromatic heterocycles. The lowest BCUT2D eigenvalue weighted by Gasteiger charge is -2.22. The van der Waals surface area contributed by atoms with E-state index in [1.807, 2.05) is 6.07 Å². The summed E-state index contributed by atoms with van der Waals surface area (Å²) >= 11 is 0. The summed E-state index contributed by atoms with van der Waals surface area (Å²) in [5.41, 5.74) is 1.43. The van der Waals surface area contributed by atoms with Gasteiger partial charge >= 0.3 is 12.0 Å². The van der Waals surface area contributed by atoms with Crippen LogP contribution in [-0.2, 0) is 9.59 Å². The predicted octanol–water partition coefficient (Wildman–Crippen LogP) is 1.28. The first-order chi connectivity index (χ1) is 12.9. The monoisotopic (exact) mass is 375 g/mol. The minimum Gasteiger partial charge on any atom is -0.496 e. The van der Waals surface area contributed by atoms with Crippen molar-refractivity contribution < 1.29 is 29.0 Å². The molecule has 0 aliphatic carbocycles. The lowest BCUT2D eigenvalue weighted by Crippen LogP contribution is -2.35. The molecule has 27 heavy (non-hydrogen) atoms. The third-order valence-electron chi connectivity index (χ3n) is 4.53. The van der Waals surface area contributed by atoms with Crippen molar-refractivity contribution >= 4 is 29.7 Å². The molecule has 0 radical (unpaired) electrons. The highest BCUT2D eigenvalue weighted by atomic mass is 16.5. The van der Waals surface area contributed by atoms with E-state index in [0.29, 0.717) is 22.0 Å². The molecule has 2 saturated heterocycles. The molecule has 1 aromatic carbocycles. The Bertz CT molecular complexity index is 814. The average Bonchev–Trinajstić information content (AvgIpc) is 3.26. The number of ether oxygens (including phenoxy) is 2. The number of carbonyl (C=O) groups excluding carboxylic acids is 2. The second-order valence-electron chi connectivity index (χ2n) is 6.23. The average molecular weight is 375 g/mol. The third kappa shape index (κ3) is 3.67. The minimum absolute atomic E-state index is 0.0180.